The average molecular weight is 299 g/mol. The number of amides is 1. The summed E-state index contributed by atoms with van der Waals surface area (Å²) in [5.74, 6) is -0.185. The van der Waals surface area contributed by atoms with Gasteiger partial charge in [0.1, 0.15) is 5.75 Å². The Labute approximate surface area is 126 Å². The lowest BCUT2D eigenvalue weighted by Gasteiger charge is -2.05. The predicted octanol–water partition coefficient (Wildman–Crippen LogP) is 4.14. The van der Waals surface area contributed by atoms with Gasteiger partial charge in [-0.15, -0.1) is 0 Å². The first-order valence-electron chi connectivity index (χ1n) is 6.73. The molecule has 112 valence electrons. The number of hydrogen-bond acceptors (Lipinski definition) is 3. The number of halogens is 1. The predicted molar refractivity (Wildman–Crippen MR) is 81.9 cm³/mol. The first-order valence-corrected chi connectivity index (χ1v) is 6.73. The van der Waals surface area contributed by atoms with E-state index in [1.165, 1.54) is 6.07 Å². The van der Waals surface area contributed by atoms with Gasteiger partial charge in [0.25, 0.3) is 5.91 Å². The van der Waals surface area contributed by atoms with Crippen molar-refractivity contribution in [2.45, 2.75) is 6.92 Å². The molecule has 22 heavy (non-hydrogen) atoms. The molecule has 5 heteroatoms. The van der Waals surface area contributed by atoms with Crippen LogP contribution in [0.3, 0.4) is 0 Å². The number of anilines is 1. The normalized spacial score (nSPS) is 10.7. The van der Waals surface area contributed by atoms with Gasteiger partial charge in [-0.2, -0.15) is 0 Å². The van der Waals surface area contributed by atoms with Crippen LogP contribution in [-0.4, -0.2) is 13.0 Å². The minimum Gasteiger partial charge on any atom is -0.497 e. The number of rotatable bonds is 3. The number of ether oxygens (including phenoxy) is 1. The van der Waals surface area contributed by atoms with Gasteiger partial charge in [0.2, 0.25) is 0 Å². The molecule has 0 atom stereocenters. The Morgan fingerprint density at radius 1 is 1.23 bits per heavy atom. The van der Waals surface area contributed by atoms with Crippen LogP contribution in [0.25, 0.3) is 11.0 Å². The molecule has 2 aromatic carbocycles. The molecule has 0 radical (unpaired) electrons. The summed E-state index contributed by atoms with van der Waals surface area (Å²) in [6, 6.07) is 11.6. The van der Waals surface area contributed by atoms with Crippen LogP contribution in [-0.2, 0) is 0 Å². The Bertz CT molecular complexity index is 854. The highest BCUT2D eigenvalue weighted by atomic mass is 19.1. The van der Waals surface area contributed by atoms with Gasteiger partial charge in [-0.25, -0.2) is 4.39 Å². The van der Waals surface area contributed by atoms with Crippen molar-refractivity contribution in [3.8, 4) is 5.75 Å². The molecule has 1 amide bonds. The van der Waals surface area contributed by atoms with E-state index < -0.39 is 11.7 Å². The van der Waals surface area contributed by atoms with E-state index in [0.29, 0.717) is 22.4 Å². The number of nitrogens with one attached hydrogen (secondary N) is 1. The SMILES string of the molecule is COc1cccc(NC(=O)c2oc3c(F)cccc3c2C)c1. The average Bonchev–Trinajstić information content (AvgIpc) is 2.86. The van der Waals surface area contributed by atoms with Gasteiger partial charge in [-0.3, -0.25) is 4.79 Å². The highest BCUT2D eigenvalue weighted by Gasteiger charge is 2.19. The van der Waals surface area contributed by atoms with Crippen LogP contribution in [0, 0.1) is 12.7 Å². The maximum absolute atomic E-state index is 13.7. The number of carbonyl (C=O) groups excluding carboxylic acids is 1. The second kappa shape index (κ2) is 5.52. The molecular formula is C17H14FNO3. The van der Waals surface area contributed by atoms with Crippen molar-refractivity contribution in [1.82, 2.24) is 0 Å². The molecule has 1 heterocycles. The Hall–Kier alpha value is -2.82. The molecule has 0 unspecified atom stereocenters. The van der Waals surface area contributed by atoms with Gasteiger partial charge in [-0.1, -0.05) is 18.2 Å². The summed E-state index contributed by atoms with van der Waals surface area (Å²) in [5, 5.41) is 3.31. The Morgan fingerprint density at radius 3 is 2.73 bits per heavy atom. The molecule has 3 rings (SSSR count). The number of carbonyl (C=O) groups is 1. The van der Waals surface area contributed by atoms with Crippen molar-refractivity contribution < 1.29 is 18.3 Å². The lowest BCUT2D eigenvalue weighted by Crippen LogP contribution is -2.12. The number of aryl methyl sites for hydroxylation is 1. The maximum atomic E-state index is 13.7. The largest absolute Gasteiger partial charge is 0.497 e. The number of hydrogen-bond donors (Lipinski definition) is 1. The van der Waals surface area contributed by atoms with Crippen molar-refractivity contribution in [3.05, 3.63) is 59.6 Å². The monoisotopic (exact) mass is 299 g/mol. The third-order valence-electron chi connectivity index (χ3n) is 3.45. The van der Waals surface area contributed by atoms with Gasteiger partial charge in [0, 0.05) is 22.7 Å². The lowest BCUT2D eigenvalue weighted by molar-refractivity contribution is 0.0997. The second-order valence-corrected chi connectivity index (χ2v) is 4.86. The summed E-state index contributed by atoms with van der Waals surface area (Å²) >= 11 is 0. The maximum Gasteiger partial charge on any atom is 0.291 e. The molecule has 4 nitrogen and oxygen atoms in total. The molecule has 0 fully saturated rings. The van der Waals surface area contributed by atoms with Crippen LogP contribution < -0.4 is 10.1 Å². The Balaban J connectivity index is 1.95. The first kappa shape index (κ1) is 14.1. The topological polar surface area (TPSA) is 51.5 Å². The third-order valence-corrected chi connectivity index (χ3v) is 3.45. The molecule has 0 aliphatic rings. The fourth-order valence-electron chi connectivity index (χ4n) is 2.31. The number of methoxy groups -OCH3 is 1. The van der Waals surface area contributed by atoms with E-state index >= 15 is 0 Å². The van der Waals surface area contributed by atoms with Crippen molar-refractivity contribution in [3.63, 3.8) is 0 Å². The summed E-state index contributed by atoms with van der Waals surface area (Å²) in [6.07, 6.45) is 0. The van der Waals surface area contributed by atoms with Gasteiger partial charge < -0.3 is 14.5 Å². The summed E-state index contributed by atoms with van der Waals surface area (Å²) in [7, 11) is 1.55. The van der Waals surface area contributed by atoms with Gasteiger partial charge in [-0.05, 0) is 25.1 Å². The van der Waals surface area contributed by atoms with E-state index in [9.17, 15) is 9.18 Å². The number of benzene rings is 2. The molecule has 0 saturated heterocycles. The zero-order valence-electron chi connectivity index (χ0n) is 12.1. The van der Waals surface area contributed by atoms with Crippen LogP contribution in [0.2, 0.25) is 0 Å². The van der Waals surface area contributed by atoms with Crippen LogP contribution in [0.15, 0.2) is 46.9 Å². The summed E-state index contributed by atoms with van der Waals surface area (Å²) < 4.78 is 24.2. The van der Waals surface area contributed by atoms with E-state index in [1.54, 1.807) is 50.4 Å². The van der Waals surface area contributed by atoms with Crippen molar-refractivity contribution in [2.75, 3.05) is 12.4 Å². The number of fused-ring (bicyclic) bond motifs is 1. The number of para-hydroxylation sites is 1. The van der Waals surface area contributed by atoms with E-state index in [0.717, 1.165) is 0 Å². The van der Waals surface area contributed by atoms with Crippen LogP contribution in [0.4, 0.5) is 10.1 Å². The van der Waals surface area contributed by atoms with Crippen LogP contribution in [0.1, 0.15) is 16.1 Å². The van der Waals surface area contributed by atoms with E-state index in [2.05, 4.69) is 5.32 Å². The highest BCUT2D eigenvalue weighted by molar-refractivity contribution is 6.06. The standard InChI is InChI=1S/C17H14FNO3/c1-10-13-7-4-8-14(18)16(13)22-15(10)17(20)19-11-5-3-6-12(9-11)21-2/h3-9H,1-2H3,(H,19,20). The Kier molecular flexibility index (Phi) is 3.55. The van der Waals surface area contributed by atoms with Crippen molar-refractivity contribution >= 4 is 22.6 Å². The summed E-state index contributed by atoms with van der Waals surface area (Å²) in [5.41, 5.74) is 1.27. The quantitative estimate of drug-likeness (QED) is 0.790. The molecule has 1 aromatic heterocycles. The molecule has 0 bridgehead atoms. The zero-order valence-corrected chi connectivity index (χ0v) is 12.1. The smallest absolute Gasteiger partial charge is 0.291 e. The first-order chi connectivity index (χ1) is 10.6. The third kappa shape index (κ3) is 2.41. The van der Waals surface area contributed by atoms with E-state index in [4.69, 9.17) is 9.15 Å². The number of furan rings is 1. The fourth-order valence-corrected chi connectivity index (χ4v) is 2.31. The van der Waals surface area contributed by atoms with Crippen LogP contribution >= 0.6 is 0 Å². The second-order valence-electron chi connectivity index (χ2n) is 4.86. The summed E-state index contributed by atoms with van der Waals surface area (Å²) in [4.78, 5) is 12.3. The molecular weight excluding hydrogens is 285 g/mol. The van der Waals surface area contributed by atoms with Gasteiger partial charge in [0.05, 0.1) is 7.11 Å². The van der Waals surface area contributed by atoms with Crippen LogP contribution in [0.5, 0.6) is 5.75 Å². The molecule has 0 aliphatic heterocycles. The minimum absolute atomic E-state index is 0.0933. The summed E-state index contributed by atoms with van der Waals surface area (Å²) in [6.45, 7) is 1.73. The zero-order chi connectivity index (χ0) is 15.7. The molecule has 3 aromatic rings. The van der Waals surface area contributed by atoms with Crippen molar-refractivity contribution in [2.24, 2.45) is 0 Å². The van der Waals surface area contributed by atoms with Gasteiger partial charge in [0.15, 0.2) is 17.2 Å². The van der Waals surface area contributed by atoms with E-state index in [-0.39, 0.29) is 11.3 Å². The van der Waals surface area contributed by atoms with Gasteiger partial charge >= 0.3 is 0 Å². The lowest BCUT2D eigenvalue weighted by atomic mass is 10.1. The molecule has 1 N–H and O–H groups in total. The Morgan fingerprint density at radius 2 is 2.00 bits per heavy atom. The highest BCUT2D eigenvalue weighted by Crippen LogP contribution is 2.28. The van der Waals surface area contributed by atoms with Crippen molar-refractivity contribution in [1.29, 1.82) is 0 Å². The molecule has 0 spiro atoms. The molecule has 0 saturated carbocycles. The molecule has 0 aliphatic carbocycles. The van der Waals surface area contributed by atoms with E-state index in [1.807, 2.05) is 0 Å². The fraction of sp³-hybridized carbons (Fsp3) is 0.118. The minimum atomic E-state index is -0.485.